The molecule has 1 atom stereocenters. The second kappa shape index (κ2) is 6.24. The molecule has 0 aromatic heterocycles. The number of likely N-dealkylation sites (N-methyl/N-ethyl adjacent to an activating group) is 1. The molecule has 4 N–H and O–H groups in total. The Morgan fingerprint density at radius 1 is 1.40 bits per heavy atom. The van der Waals surface area contributed by atoms with Gasteiger partial charge in [-0.1, -0.05) is 13.0 Å². The number of anilines is 1. The number of amides is 1. The summed E-state index contributed by atoms with van der Waals surface area (Å²) in [6.07, 6.45) is 1.16. The molecule has 1 aliphatic heterocycles. The van der Waals surface area contributed by atoms with Crippen LogP contribution in [-0.2, 0) is 6.54 Å². The van der Waals surface area contributed by atoms with E-state index in [0.29, 0.717) is 17.3 Å². The first kappa shape index (κ1) is 14.8. The van der Waals surface area contributed by atoms with Gasteiger partial charge in [-0.25, -0.2) is 0 Å². The fourth-order valence-electron chi connectivity index (χ4n) is 2.73. The van der Waals surface area contributed by atoms with Gasteiger partial charge in [-0.05, 0) is 31.2 Å². The highest BCUT2D eigenvalue weighted by Gasteiger charge is 2.23. The van der Waals surface area contributed by atoms with Gasteiger partial charge in [0.05, 0.1) is 0 Å². The van der Waals surface area contributed by atoms with Crippen molar-refractivity contribution < 1.29 is 4.79 Å². The summed E-state index contributed by atoms with van der Waals surface area (Å²) in [6.45, 7) is 6.24. The molecule has 0 spiro atoms. The molecule has 5 heteroatoms. The van der Waals surface area contributed by atoms with E-state index >= 15 is 0 Å². The molecule has 0 bridgehead atoms. The van der Waals surface area contributed by atoms with E-state index in [1.54, 1.807) is 12.1 Å². The summed E-state index contributed by atoms with van der Waals surface area (Å²) in [7, 11) is 2.18. The van der Waals surface area contributed by atoms with Crippen LogP contribution in [0.2, 0.25) is 0 Å². The van der Waals surface area contributed by atoms with E-state index in [1.807, 2.05) is 6.07 Å². The third-order valence-corrected chi connectivity index (χ3v) is 4.16. The van der Waals surface area contributed by atoms with Crippen molar-refractivity contribution in [1.82, 2.24) is 9.80 Å². The highest BCUT2D eigenvalue weighted by molar-refractivity contribution is 5.93. The Morgan fingerprint density at radius 2 is 2.15 bits per heavy atom. The van der Waals surface area contributed by atoms with Crippen molar-refractivity contribution in [3.63, 3.8) is 0 Å². The van der Waals surface area contributed by atoms with Gasteiger partial charge in [0.25, 0.3) is 0 Å². The fourth-order valence-corrected chi connectivity index (χ4v) is 2.73. The van der Waals surface area contributed by atoms with E-state index in [9.17, 15) is 4.79 Å². The third kappa shape index (κ3) is 3.29. The highest BCUT2D eigenvalue weighted by atomic mass is 16.1. The molecule has 1 unspecified atom stereocenters. The minimum Gasteiger partial charge on any atom is -0.398 e. The molecule has 1 heterocycles. The highest BCUT2D eigenvalue weighted by Crippen LogP contribution is 2.19. The summed E-state index contributed by atoms with van der Waals surface area (Å²) in [4.78, 5) is 16.0. The van der Waals surface area contributed by atoms with E-state index in [1.165, 1.54) is 0 Å². The van der Waals surface area contributed by atoms with Gasteiger partial charge in [0, 0.05) is 43.5 Å². The van der Waals surface area contributed by atoms with Gasteiger partial charge >= 0.3 is 0 Å². The van der Waals surface area contributed by atoms with Crippen LogP contribution in [-0.4, -0.2) is 48.4 Å². The minimum atomic E-state index is -0.436. The van der Waals surface area contributed by atoms with Crippen LogP contribution < -0.4 is 11.5 Å². The van der Waals surface area contributed by atoms with Crippen LogP contribution in [0.15, 0.2) is 18.2 Å². The van der Waals surface area contributed by atoms with Crippen molar-refractivity contribution in [3.8, 4) is 0 Å². The summed E-state index contributed by atoms with van der Waals surface area (Å²) in [5.41, 5.74) is 13.5. The molecule has 5 nitrogen and oxygen atoms in total. The molecule has 110 valence electrons. The Labute approximate surface area is 120 Å². The average Bonchev–Trinajstić information content (AvgIpc) is 2.42. The van der Waals surface area contributed by atoms with E-state index in [2.05, 4.69) is 23.8 Å². The number of piperazine rings is 1. The molecule has 2 rings (SSSR count). The lowest BCUT2D eigenvalue weighted by Gasteiger charge is -2.39. The molecule has 1 amide bonds. The second-order valence-corrected chi connectivity index (χ2v) is 5.56. The van der Waals surface area contributed by atoms with Crippen molar-refractivity contribution in [2.75, 3.05) is 32.4 Å². The molecular formula is C15H24N4O. The summed E-state index contributed by atoms with van der Waals surface area (Å²) in [6, 6.07) is 5.94. The summed E-state index contributed by atoms with van der Waals surface area (Å²) in [5, 5.41) is 0. The summed E-state index contributed by atoms with van der Waals surface area (Å²) < 4.78 is 0. The Balaban J connectivity index is 2.05. The first-order chi connectivity index (χ1) is 9.51. The Morgan fingerprint density at radius 3 is 2.75 bits per heavy atom. The number of nitrogens with two attached hydrogens (primary N) is 2. The topological polar surface area (TPSA) is 75.6 Å². The number of hydrogen-bond acceptors (Lipinski definition) is 4. The maximum absolute atomic E-state index is 11.1. The zero-order valence-corrected chi connectivity index (χ0v) is 12.3. The van der Waals surface area contributed by atoms with Crippen LogP contribution in [0.25, 0.3) is 0 Å². The van der Waals surface area contributed by atoms with E-state index < -0.39 is 5.91 Å². The van der Waals surface area contributed by atoms with Crippen LogP contribution in [0.4, 0.5) is 5.69 Å². The van der Waals surface area contributed by atoms with Gasteiger partial charge in [-0.3, -0.25) is 9.69 Å². The molecule has 1 aliphatic rings. The molecule has 0 radical (unpaired) electrons. The minimum absolute atomic E-state index is 0.436. The average molecular weight is 276 g/mol. The van der Waals surface area contributed by atoms with Gasteiger partial charge in [-0.2, -0.15) is 0 Å². The van der Waals surface area contributed by atoms with Crippen molar-refractivity contribution in [3.05, 3.63) is 29.3 Å². The van der Waals surface area contributed by atoms with Gasteiger partial charge in [0.1, 0.15) is 0 Å². The van der Waals surface area contributed by atoms with Crippen molar-refractivity contribution in [2.45, 2.75) is 25.9 Å². The van der Waals surface area contributed by atoms with Crippen molar-refractivity contribution in [1.29, 1.82) is 0 Å². The molecular weight excluding hydrogens is 252 g/mol. The predicted octanol–water partition coefficient (Wildman–Crippen LogP) is 0.894. The summed E-state index contributed by atoms with van der Waals surface area (Å²) >= 11 is 0. The van der Waals surface area contributed by atoms with Gasteiger partial charge in [0.15, 0.2) is 0 Å². The van der Waals surface area contributed by atoms with E-state index in [4.69, 9.17) is 11.5 Å². The van der Waals surface area contributed by atoms with Gasteiger partial charge < -0.3 is 16.4 Å². The van der Waals surface area contributed by atoms with Crippen molar-refractivity contribution in [2.24, 2.45) is 5.73 Å². The Kier molecular flexibility index (Phi) is 4.62. The number of primary amides is 1. The number of rotatable bonds is 4. The van der Waals surface area contributed by atoms with Gasteiger partial charge in [0.2, 0.25) is 5.91 Å². The van der Waals surface area contributed by atoms with Crippen LogP contribution in [0.3, 0.4) is 0 Å². The lowest BCUT2D eigenvalue weighted by atomic mass is 10.1. The number of benzene rings is 1. The maximum atomic E-state index is 11.1. The van der Waals surface area contributed by atoms with Crippen LogP contribution in [0.1, 0.15) is 29.3 Å². The quantitative estimate of drug-likeness (QED) is 0.801. The molecule has 1 fully saturated rings. The second-order valence-electron chi connectivity index (χ2n) is 5.56. The number of nitrogen functional groups attached to an aromatic ring is 1. The molecule has 0 saturated carbocycles. The lowest BCUT2D eigenvalue weighted by molar-refractivity contribution is 0.0885. The SMILES string of the molecule is CCC1CN(Cc2ccc(C(N)=O)cc2N)CCN1C. The summed E-state index contributed by atoms with van der Waals surface area (Å²) in [5.74, 6) is -0.436. The van der Waals surface area contributed by atoms with Crippen LogP contribution in [0, 0.1) is 0 Å². The van der Waals surface area contributed by atoms with Crippen LogP contribution >= 0.6 is 0 Å². The monoisotopic (exact) mass is 276 g/mol. The van der Waals surface area contributed by atoms with Crippen LogP contribution in [0.5, 0.6) is 0 Å². The predicted molar refractivity (Wildman–Crippen MR) is 81.4 cm³/mol. The first-order valence-corrected chi connectivity index (χ1v) is 7.12. The number of hydrogen-bond donors (Lipinski definition) is 2. The molecule has 1 saturated heterocycles. The standard InChI is InChI=1S/C15H24N4O/c1-3-13-10-19(7-6-18(13)2)9-12-5-4-11(15(17)20)8-14(12)16/h4-5,8,13H,3,6-7,9-10,16H2,1-2H3,(H2,17,20). The molecule has 0 aliphatic carbocycles. The smallest absolute Gasteiger partial charge is 0.248 e. The maximum Gasteiger partial charge on any atom is 0.248 e. The zero-order chi connectivity index (χ0) is 14.7. The zero-order valence-electron chi connectivity index (χ0n) is 12.3. The Bertz CT molecular complexity index is 489. The largest absolute Gasteiger partial charge is 0.398 e. The van der Waals surface area contributed by atoms with E-state index in [0.717, 1.165) is 38.2 Å². The molecule has 1 aromatic rings. The molecule has 1 aromatic carbocycles. The number of carbonyl (C=O) groups is 1. The third-order valence-electron chi connectivity index (χ3n) is 4.16. The molecule has 20 heavy (non-hydrogen) atoms. The number of carbonyl (C=O) groups excluding carboxylic acids is 1. The van der Waals surface area contributed by atoms with Gasteiger partial charge in [-0.15, -0.1) is 0 Å². The number of nitrogens with zero attached hydrogens (tertiary/aromatic N) is 2. The van der Waals surface area contributed by atoms with E-state index in [-0.39, 0.29) is 0 Å². The van der Waals surface area contributed by atoms with Crippen molar-refractivity contribution >= 4 is 11.6 Å². The Hall–Kier alpha value is -1.59. The lowest BCUT2D eigenvalue weighted by Crippen LogP contribution is -2.50. The first-order valence-electron chi connectivity index (χ1n) is 7.12. The fraction of sp³-hybridized carbons (Fsp3) is 0.533. The normalized spacial score (nSPS) is 21.0.